The second-order valence-corrected chi connectivity index (χ2v) is 19.7. The molecule has 0 radical (unpaired) electrons. The van der Waals surface area contributed by atoms with Crippen molar-refractivity contribution in [2.45, 2.75) is 103 Å². The molecule has 6 bridgehead atoms. The molecule has 17 heteroatoms. The number of aromatic nitrogens is 3. The molecule has 65 heavy (non-hydrogen) atoms. The third-order valence-corrected chi connectivity index (χ3v) is 13.8. The fraction of sp³-hybridized carbons (Fsp3) is 0.521. The van der Waals surface area contributed by atoms with Crippen molar-refractivity contribution in [1.82, 2.24) is 40.1 Å². The highest BCUT2D eigenvalue weighted by molar-refractivity contribution is 7.13. The standard InChI is InChI=1S/C48H62N8O8S/c1-9-39(58)54-20-17-48(62,26-54)45(61)53(7)40(30(3)4)42(59)51-36-22-32-25-65-43(50-32)31-14-15-38-34(21-31)35(41(55(38)10-2)33-13-11-18-49-37(33)24-63-8)23-46(5,6)28-64-29-47(27-57)16-12-19-56(52-47)44(36)60/h9,11,13-15,18,21,25,27,30,36,40,52,62H,1,10,12,16-17,19-20,22-24,26,28-29H2,2-8H3,(H,51,59)/t36-,40-,47-,48?/m0/s1. The smallest absolute Gasteiger partial charge is 0.259 e. The lowest BCUT2D eigenvalue weighted by atomic mass is 9.84. The van der Waals surface area contributed by atoms with Crippen molar-refractivity contribution < 1.29 is 38.6 Å². The lowest BCUT2D eigenvalue weighted by Crippen LogP contribution is -2.66. The molecule has 2 saturated heterocycles. The maximum Gasteiger partial charge on any atom is 0.259 e. The van der Waals surface area contributed by atoms with E-state index in [-0.39, 0.29) is 39.1 Å². The summed E-state index contributed by atoms with van der Waals surface area (Å²) in [5, 5.41) is 19.5. The summed E-state index contributed by atoms with van der Waals surface area (Å²) in [5.74, 6) is -2.64. The number of nitrogens with one attached hydrogen (secondary N) is 2. The van der Waals surface area contributed by atoms with Crippen LogP contribution in [-0.4, -0.2) is 135 Å². The Balaban J connectivity index is 1.28. The molecule has 0 saturated carbocycles. The number of carbonyl (C=O) groups excluding carboxylic acids is 5. The zero-order valence-corrected chi connectivity index (χ0v) is 39.3. The number of likely N-dealkylation sites (N-methyl/N-ethyl adjacent to an activating group) is 1. The van der Waals surface area contributed by atoms with Gasteiger partial charge < -0.3 is 39.1 Å². The van der Waals surface area contributed by atoms with Gasteiger partial charge in [0.25, 0.3) is 11.8 Å². The third-order valence-electron chi connectivity index (χ3n) is 12.9. The van der Waals surface area contributed by atoms with Gasteiger partial charge in [0.15, 0.2) is 5.60 Å². The lowest BCUT2D eigenvalue weighted by Gasteiger charge is -2.42. The van der Waals surface area contributed by atoms with Gasteiger partial charge in [0.2, 0.25) is 11.8 Å². The van der Waals surface area contributed by atoms with Gasteiger partial charge in [-0.05, 0) is 79.5 Å². The van der Waals surface area contributed by atoms with Crippen LogP contribution in [0, 0.1) is 11.3 Å². The average Bonchev–Trinajstić information content (AvgIpc) is 4.01. The second-order valence-electron chi connectivity index (χ2n) is 18.8. The number of hydrogen-bond acceptors (Lipinski definition) is 12. The lowest BCUT2D eigenvalue weighted by molar-refractivity contribution is -0.156. The van der Waals surface area contributed by atoms with E-state index in [1.54, 1.807) is 27.2 Å². The van der Waals surface area contributed by atoms with Crippen molar-refractivity contribution in [2.75, 3.05) is 47.0 Å². The number of pyridine rings is 1. The van der Waals surface area contributed by atoms with Gasteiger partial charge in [-0.15, -0.1) is 11.3 Å². The summed E-state index contributed by atoms with van der Waals surface area (Å²) in [6.45, 7) is 15.0. The Morgan fingerprint density at radius 1 is 1.18 bits per heavy atom. The number of rotatable bonds is 11. The molecule has 16 nitrogen and oxygen atoms in total. The van der Waals surface area contributed by atoms with E-state index < -0.39 is 58.2 Å². The predicted molar refractivity (Wildman–Crippen MR) is 247 cm³/mol. The van der Waals surface area contributed by atoms with Crippen LogP contribution in [0.5, 0.6) is 0 Å². The van der Waals surface area contributed by atoms with E-state index >= 15 is 0 Å². The largest absolute Gasteiger partial charge is 0.378 e. The average molecular weight is 911 g/mol. The van der Waals surface area contributed by atoms with Crippen LogP contribution in [0.4, 0.5) is 0 Å². The molecule has 3 aliphatic rings. The van der Waals surface area contributed by atoms with E-state index in [1.807, 2.05) is 11.4 Å². The van der Waals surface area contributed by atoms with Gasteiger partial charge in [0, 0.05) is 80.2 Å². The number of carbonyl (C=O) groups is 5. The monoisotopic (exact) mass is 910 g/mol. The molecule has 1 aromatic carbocycles. The van der Waals surface area contributed by atoms with Gasteiger partial charge in [-0.2, -0.15) is 0 Å². The molecule has 0 spiro atoms. The fourth-order valence-electron chi connectivity index (χ4n) is 9.69. The van der Waals surface area contributed by atoms with Crippen LogP contribution in [0.3, 0.4) is 0 Å². The van der Waals surface area contributed by atoms with E-state index in [0.717, 1.165) is 56.4 Å². The first-order chi connectivity index (χ1) is 31.0. The SMILES string of the molecule is C=CC(=O)N1CCC(O)(C(=O)N(C)[C@H](C(=O)N[C@H]2Cc3csc(n3)-c3ccc4c(c3)c(c(-c3cccnc3COC)n4CC)CC(C)(C)COC[C@@]3(C=O)CCCN(N3)C2=O)C(C)C)C1. The van der Waals surface area contributed by atoms with E-state index in [9.17, 15) is 29.1 Å². The van der Waals surface area contributed by atoms with E-state index in [0.29, 0.717) is 44.7 Å². The maximum atomic E-state index is 14.7. The van der Waals surface area contributed by atoms with Gasteiger partial charge in [-0.3, -0.25) is 29.2 Å². The molecule has 2 fully saturated rings. The zero-order valence-electron chi connectivity index (χ0n) is 38.5. The number of methoxy groups -OCH3 is 1. The van der Waals surface area contributed by atoms with Gasteiger partial charge in [-0.1, -0.05) is 34.3 Å². The minimum atomic E-state index is -1.91. The summed E-state index contributed by atoms with van der Waals surface area (Å²) in [7, 11) is 3.11. The first-order valence-corrected chi connectivity index (χ1v) is 23.2. The number of β-amino-alcohol motifs (C(OH)–C–C–N with tert-alkyl or cyclic N) is 1. The van der Waals surface area contributed by atoms with Gasteiger partial charge in [0.05, 0.1) is 43.4 Å². The summed E-state index contributed by atoms with van der Waals surface area (Å²) < 4.78 is 14.4. The minimum Gasteiger partial charge on any atom is -0.378 e. The molecule has 4 aromatic rings. The molecule has 3 N–H and O–H groups in total. The number of amides is 4. The molecular weight excluding hydrogens is 849 g/mol. The van der Waals surface area contributed by atoms with Crippen molar-refractivity contribution in [2.24, 2.45) is 11.3 Å². The summed E-state index contributed by atoms with van der Waals surface area (Å²) in [4.78, 5) is 80.8. The number of aryl methyl sites for hydroxylation is 1. The van der Waals surface area contributed by atoms with Crippen molar-refractivity contribution in [3.63, 3.8) is 0 Å². The highest BCUT2D eigenvalue weighted by Gasteiger charge is 2.48. The Labute approximate surface area is 384 Å². The zero-order chi connectivity index (χ0) is 46.8. The number of hydrogen-bond donors (Lipinski definition) is 3. The number of likely N-dealkylation sites (tertiary alicyclic amines) is 1. The van der Waals surface area contributed by atoms with Gasteiger partial charge in [-0.25, -0.2) is 10.4 Å². The highest BCUT2D eigenvalue weighted by Crippen LogP contribution is 2.41. The van der Waals surface area contributed by atoms with Gasteiger partial charge >= 0.3 is 0 Å². The highest BCUT2D eigenvalue weighted by atomic mass is 32.1. The van der Waals surface area contributed by atoms with Crippen LogP contribution in [0.1, 0.15) is 70.8 Å². The number of benzene rings is 1. The Kier molecular flexibility index (Phi) is 14.1. The Morgan fingerprint density at radius 2 is 1.97 bits per heavy atom. The van der Waals surface area contributed by atoms with E-state index in [2.05, 4.69) is 66.9 Å². The summed E-state index contributed by atoms with van der Waals surface area (Å²) >= 11 is 1.44. The molecule has 348 valence electrons. The summed E-state index contributed by atoms with van der Waals surface area (Å²) in [6.07, 6.45) is 5.28. The van der Waals surface area contributed by atoms with Crippen LogP contribution < -0.4 is 10.7 Å². The number of nitrogens with zero attached hydrogens (tertiary/aromatic N) is 6. The Hall–Kier alpha value is -5.33. The topological polar surface area (TPSA) is 189 Å². The molecule has 3 aromatic heterocycles. The molecular formula is C48H62N8O8S. The first kappa shape index (κ1) is 47.6. The number of hydrazine groups is 1. The first-order valence-electron chi connectivity index (χ1n) is 22.3. The molecule has 4 atom stereocenters. The Morgan fingerprint density at radius 3 is 2.68 bits per heavy atom. The van der Waals surface area contributed by atoms with Crippen LogP contribution in [0.2, 0.25) is 0 Å². The number of aldehydes is 1. The minimum absolute atomic E-state index is 0.00452. The van der Waals surface area contributed by atoms with Crippen molar-refractivity contribution >= 4 is 52.2 Å². The van der Waals surface area contributed by atoms with Crippen LogP contribution in [0.25, 0.3) is 32.7 Å². The summed E-state index contributed by atoms with van der Waals surface area (Å²) in [6, 6.07) is 8.13. The van der Waals surface area contributed by atoms with E-state index in [1.165, 1.54) is 33.2 Å². The van der Waals surface area contributed by atoms with Crippen molar-refractivity contribution in [3.8, 4) is 21.8 Å². The second kappa shape index (κ2) is 19.3. The number of aliphatic hydroxyl groups is 1. The summed E-state index contributed by atoms with van der Waals surface area (Å²) in [5.41, 5.74) is 6.19. The van der Waals surface area contributed by atoms with Gasteiger partial charge in [0.1, 0.15) is 28.9 Å². The van der Waals surface area contributed by atoms with Crippen LogP contribution >= 0.6 is 11.3 Å². The quantitative estimate of drug-likeness (QED) is 0.144. The maximum absolute atomic E-state index is 14.7. The Bertz CT molecular complexity index is 2460. The number of fused-ring (bicyclic) bond motifs is 6. The molecule has 1 unspecified atom stereocenters. The molecule has 7 rings (SSSR count). The molecule has 6 heterocycles. The molecule has 0 aliphatic carbocycles. The fourth-order valence-corrected chi connectivity index (χ4v) is 10.5. The molecule has 3 aliphatic heterocycles. The molecule has 4 amide bonds. The van der Waals surface area contributed by atoms with Crippen LogP contribution in [0.15, 0.2) is 54.6 Å². The van der Waals surface area contributed by atoms with E-state index in [4.69, 9.17) is 19.4 Å². The number of ether oxygens (including phenoxy) is 2. The normalized spacial score (nSPS) is 23.0. The predicted octanol–water partition coefficient (Wildman–Crippen LogP) is 4.32. The number of thiazole rings is 1. The van der Waals surface area contributed by atoms with Crippen molar-refractivity contribution in [1.29, 1.82) is 0 Å². The third kappa shape index (κ3) is 9.66. The van der Waals surface area contributed by atoms with Crippen LogP contribution in [-0.2, 0) is 59.4 Å². The van der Waals surface area contributed by atoms with Crippen molar-refractivity contribution in [3.05, 3.63) is 71.5 Å².